The van der Waals surface area contributed by atoms with Crippen LogP contribution in [0.25, 0.3) is 5.69 Å². The number of thiocarbonyl (C=S) groups is 1. The lowest BCUT2D eigenvalue weighted by molar-refractivity contribution is 0.565. The molecule has 0 radical (unpaired) electrons. The van der Waals surface area contributed by atoms with Crippen LogP contribution in [0, 0.1) is 34.6 Å². The summed E-state index contributed by atoms with van der Waals surface area (Å²) >= 11 is 12.1. The molecule has 4 nitrogen and oxygen atoms in total. The molecule has 0 bridgehead atoms. The summed E-state index contributed by atoms with van der Waals surface area (Å²) in [5.41, 5.74) is 10.7. The van der Waals surface area contributed by atoms with E-state index in [1.807, 2.05) is 42.6 Å². The maximum atomic E-state index is 6.21. The van der Waals surface area contributed by atoms with Gasteiger partial charge in [0.05, 0.1) is 23.5 Å². The zero-order chi connectivity index (χ0) is 24.9. The maximum Gasteiger partial charge on any atom is 0.174 e. The summed E-state index contributed by atoms with van der Waals surface area (Å²) in [6.07, 6.45) is 1.84. The second-order valence-corrected chi connectivity index (χ2v) is 10.2. The predicted octanol–water partition coefficient (Wildman–Crippen LogP) is 7.24. The van der Waals surface area contributed by atoms with Crippen LogP contribution in [-0.2, 0) is 0 Å². The smallest absolute Gasteiger partial charge is 0.174 e. The van der Waals surface area contributed by atoms with Gasteiger partial charge >= 0.3 is 0 Å². The van der Waals surface area contributed by atoms with E-state index in [0.717, 1.165) is 11.4 Å². The molecule has 1 fully saturated rings. The van der Waals surface area contributed by atoms with E-state index in [9.17, 15) is 0 Å². The molecule has 2 aromatic carbocycles. The number of pyridine rings is 1. The number of hydrogen-bond acceptors (Lipinski definition) is 2. The molecule has 178 valence electrons. The van der Waals surface area contributed by atoms with Gasteiger partial charge in [-0.05, 0) is 106 Å². The molecule has 0 saturated carbocycles. The average Bonchev–Trinajstić information content (AvgIpc) is 3.30. The summed E-state index contributed by atoms with van der Waals surface area (Å²) in [6, 6.07) is 20.6. The largest absolute Gasteiger partial charge is 0.351 e. The summed E-state index contributed by atoms with van der Waals surface area (Å²) in [7, 11) is 0. The molecular weight excluding hydrogens is 472 g/mol. The standard InChI is InChI=1S/C29H29ClN4S/c1-17-14-18(2)27(19(3)15-17)33-20(4)16-24(21(33)5)28-26(25-8-6-7-13-31-25)32-29(35)34(28)23-11-9-22(30)10-12-23/h6-16,26,28H,1-5H3,(H,32,35)/t26-,28+/m1/s1. The van der Waals surface area contributed by atoms with E-state index in [-0.39, 0.29) is 12.1 Å². The Labute approximate surface area is 217 Å². The third kappa shape index (κ3) is 4.13. The lowest BCUT2D eigenvalue weighted by Gasteiger charge is -2.28. The van der Waals surface area contributed by atoms with Crippen LogP contribution in [-0.4, -0.2) is 14.7 Å². The minimum absolute atomic E-state index is 0.0652. The highest BCUT2D eigenvalue weighted by atomic mass is 35.5. The Kier molecular flexibility index (Phi) is 6.16. The Morgan fingerprint density at radius 2 is 1.60 bits per heavy atom. The van der Waals surface area contributed by atoms with Gasteiger partial charge in [-0.15, -0.1) is 0 Å². The van der Waals surface area contributed by atoms with Crippen molar-refractivity contribution < 1.29 is 0 Å². The Morgan fingerprint density at radius 1 is 0.914 bits per heavy atom. The van der Waals surface area contributed by atoms with E-state index in [0.29, 0.717) is 10.1 Å². The van der Waals surface area contributed by atoms with Crippen LogP contribution in [0.1, 0.15) is 51.4 Å². The van der Waals surface area contributed by atoms with E-state index in [1.165, 1.54) is 39.3 Å². The Balaban J connectivity index is 1.71. The molecule has 1 aliphatic rings. The van der Waals surface area contributed by atoms with Gasteiger partial charge in [0, 0.05) is 28.3 Å². The topological polar surface area (TPSA) is 33.1 Å². The van der Waals surface area contributed by atoms with Crippen LogP contribution in [0.15, 0.2) is 66.9 Å². The van der Waals surface area contributed by atoms with Crippen molar-refractivity contribution in [2.75, 3.05) is 4.90 Å². The third-order valence-electron chi connectivity index (χ3n) is 6.85. The van der Waals surface area contributed by atoms with Crippen LogP contribution in [0.2, 0.25) is 5.02 Å². The highest BCUT2D eigenvalue weighted by molar-refractivity contribution is 7.80. The number of aryl methyl sites for hydroxylation is 4. The summed E-state index contributed by atoms with van der Waals surface area (Å²) in [5, 5.41) is 4.94. The monoisotopic (exact) mass is 500 g/mol. The first-order valence-electron chi connectivity index (χ1n) is 11.8. The van der Waals surface area contributed by atoms with Crippen molar-refractivity contribution in [1.29, 1.82) is 0 Å². The molecular formula is C29H29ClN4S. The first-order chi connectivity index (χ1) is 16.8. The van der Waals surface area contributed by atoms with E-state index in [2.05, 4.69) is 73.7 Å². The molecule has 1 N–H and O–H groups in total. The number of hydrogen-bond donors (Lipinski definition) is 1. The van der Waals surface area contributed by atoms with Gasteiger partial charge < -0.3 is 14.8 Å². The SMILES string of the molecule is Cc1cc(C)c(-n2c(C)cc([C@H]3[C@@H](c4ccccn4)NC(=S)N3c3ccc(Cl)cc3)c2C)c(C)c1. The second kappa shape index (κ2) is 9.14. The molecule has 3 heterocycles. The van der Waals surface area contributed by atoms with E-state index >= 15 is 0 Å². The molecule has 2 atom stereocenters. The molecule has 4 aromatic rings. The van der Waals surface area contributed by atoms with Gasteiger partial charge in [0.15, 0.2) is 5.11 Å². The number of benzene rings is 2. The van der Waals surface area contributed by atoms with Crippen LogP contribution in [0.3, 0.4) is 0 Å². The molecule has 1 aliphatic heterocycles. The normalized spacial score (nSPS) is 17.7. The highest BCUT2D eigenvalue weighted by Crippen LogP contribution is 2.44. The maximum absolute atomic E-state index is 6.21. The van der Waals surface area contributed by atoms with Crippen LogP contribution in [0.4, 0.5) is 5.69 Å². The lowest BCUT2D eigenvalue weighted by Crippen LogP contribution is -2.29. The summed E-state index contributed by atoms with van der Waals surface area (Å²) < 4.78 is 2.39. The second-order valence-electron chi connectivity index (χ2n) is 9.38. The Morgan fingerprint density at radius 3 is 2.23 bits per heavy atom. The zero-order valence-electron chi connectivity index (χ0n) is 20.6. The van der Waals surface area contributed by atoms with Gasteiger partial charge in [-0.2, -0.15) is 0 Å². The number of nitrogens with one attached hydrogen (secondary N) is 1. The molecule has 1 saturated heterocycles. The van der Waals surface area contributed by atoms with Gasteiger partial charge in [-0.1, -0.05) is 35.4 Å². The minimum Gasteiger partial charge on any atom is -0.351 e. The van der Waals surface area contributed by atoms with Gasteiger partial charge in [0.2, 0.25) is 0 Å². The first kappa shape index (κ1) is 23.6. The van der Waals surface area contributed by atoms with E-state index in [4.69, 9.17) is 28.8 Å². The fourth-order valence-electron chi connectivity index (χ4n) is 5.51. The number of halogens is 1. The van der Waals surface area contributed by atoms with Crippen molar-refractivity contribution >= 4 is 34.6 Å². The van der Waals surface area contributed by atoms with Crippen LogP contribution < -0.4 is 10.2 Å². The Bertz CT molecular complexity index is 1390. The van der Waals surface area contributed by atoms with Gasteiger partial charge in [-0.25, -0.2) is 0 Å². The lowest BCUT2D eigenvalue weighted by atomic mass is 9.96. The fourth-order valence-corrected chi connectivity index (χ4v) is 5.98. The first-order valence-corrected chi connectivity index (χ1v) is 12.6. The summed E-state index contributed by atoms with van der Waals surface area (Å²) in [4.78, 5) is 6.89. The van der Waals surface area contributed by atoms with Crippen LogP contribution in [0.5, 0.6) is 0 Å². The fraction of sp³-hybridized carbons (Fsp3) is 0.241. The molecule has 2 aromatic heterocycles. The zero-order valence-corrected chi connectivity index (χ0v) is 22.2. The third-order valence-corrected chi connectivity index (χ3v) is 7.42. The predicted molar refractivity (Wildman–Crippen MR) is 149 cm³/mol. The van der Waals surface area contributed by atoms with Crippen molar-refractivity contribution in [1.82, 2.24) is 14.9 Å². The van der Waals surface area contributed by atoms with Crippen molar-refractivity contribution in [3.63, 3.8) is 0 Å². The number of anilines is 1. The van der Waals surface area contributed by atoms with Crippen LogP contribution >= 0.6 is 23.8 Å². The molecule has 5 rings (SSSR count). The quantitative estimate of drug-likeness (QED) is 0.299. The molecule has 0 unspecified atom stereocenters. The van der Waals surface area contributed by atoms with Crippen molar-refractivity contribution in [2.45, 2.75) is 46.7 Å². The number of rotatable bonds is 4. The summed E-state index contributed by atoms with van der Waals surface area (Å²) in [6.45, 7) is 10.9. The van der Waals surface area contributed by atoms with Gasteiger partial charge in [0.25, 0.3) is 0 Å². The molecule has 0 aliphatic carbocycles. The number of aromatic nitrogens is 2. The molecule has 35 heavy (non-hydrogen) atoms. The minimum atomic E-state index is -0.0893. The highest BCUT2D eigenvalue weighted by Gasteiger charge is 2.42. The van der Waals surface area contributed by atoms with Gasteiger partial charge in [-0.3, -0.25) is 4.98 Å². The van der Waals surface area contributed by atoms with Gasteiger partial charge in [0.1, 0.15) is 0 Å². The summed E-state index contributed by atoms with van der Waals surface area (Å²) in [5.74, 6) is 0. The molecule has 0 spiro atoms. The van der Waals surface area contributed by atoms with Crippen molar-refractivity contribution in [3.05, 3.63) is 111 Å². The van der Waals surface area contributed by atoms with Crippen molar-refractivity contribution in [3.8, 4) is 5.69 Å². The molecule has 0 amide bonds. The van der Waals surface area contributed by atoms with E-state index < -0.39 is 0 Å². The van der Waals surface area contributed by atoms with E-state index in [1.54, 1.807) is 0 Å². The average molecular weight is 501 g/mol. The number of nitrogens with zero attached hydrogens (tertiary/aromatic N) is 3. The van der Waals surface area contributed by atoms with Crippen molar-refractivity contribution in [2.24, 2.45) is 0 Å². The Hall–Kier alpha value is -3.15. The molecule has 6 heteroatoms.